The highest BCUT2D eigenvalue weighted by atomic mass is 16.4. The second-order valence-electron chi connectivity index (χ2n) is 5.29. The van der Waals surface area contributed by atoms with Crippen molar-refractivity contribution in [1.29, 1.82) is 0 Å². The summed E-state index contributed by atoms with van der Waals surface area (Å²) in [5, 5.41) is 21.0. The van der Waals surface area contributed by atoms with E-state index in [1.807, 2.05) is 0 Å². The molecule has 1 aliphatic heterocycles. The Hall–Kier alpha value is -1.27. The summed E-state index contributed by atoms with van der Waals surface area (Å²) in [6, 6.07) is 0. The Balaban J connectivity index is 3.04. The molecule has 6 heteroatoms. The quantitative estimate of drug-likeness (QED) is 0.463. The van der Waals surface area contributed by atoms with E-state index in [1.165, 1.54) is 13.8 Å². The standard InChI is InChI=1S/C12H19NO5/c1-11(2,7-14)8(15)9(16)12(10(17)18)5-3-4-6-13-12/h13-14H,3-7H2,1-2H3,(H,17,18). The van der Waals surface area contributed by atoms with Crippen LogP contribution in [0.15, 0.2) is 0 Å². The summed E-state index contributed by atoms with van der Waals surface area (Å²) in [7, 11) is 0. The Bertz CT molecular complexity index is 369. The lowest BCUT2D eigenvalue weighted by Crippen LogP contribution is -2.63. The van der Waals surface area contributed by atoms with Gasteiger partial charge in [0.2, 0.25) is 11.6 Å². The third-order valence-electron chi connectivity index (χ3n) is 3.37. The first-order valence-electron chi connectivity index (χ1n) is 5.96. The molecule has 1 aliphatic rings. The van der Waals surface area contributed by atoms with Crippen molar-refractivity contribution in [2.24, 2.45) is 5.41 Å². The second kappa shape index (κ2) is 5.16. The molecule has 0 saturated carbocycles. The fourth-order valence-electron chi connectivity index (χ4n) is 1.95. The number of aliphatic hydroxyl groups excluding tert-OH is 1. The maximum absolute atomic E-state index is 12.2. The van der Waals surface area contributed by atoms with E-state index in [-0.39, 0.29) is 6.42 Å². The van der Waals surface area contributed by atoms with Gasteiger partial charge in [-0.2, -0.15) is 0 Å². The normalized spacial score (nSPS) is 24.6. The first kappa shape index (κ1) is 14.8. The fourth-order valence-corrected chi connectivity index (χ4v) is 1.95. The maximum Gasteiger partial charge on any atom is 0.332 e. The highest BCUT2D eigenvalue weighted by Crippen LogP contribution is 2.26. The zero-order valence-electron chi connectivity index (χ0n) is 10.7. The molecule has 1 saturated heterocycles. The first-order valence-corrected chi connectivity index (χ1v) is 5.96. The number of rotatable bonds is 5. The Kier molecular flexibility index (Phi) is 4.24. The molecular formula is C12H19NO5. The van der Waals surface area contributed by atoms with Crippen LogP contribution in [0.3, 0.4) is 0 Å². The molecule has 6 nitrogen and oxygen atoms in total. The van der Waals surface area contributed by atoms with Crippen LogP contribution in [0.25, 0.3) is 0 Å². The monoisotopic (exact) mass is 257 g/mol. The molecule has 1 rings (SSSR count). The van der Waals surface area contributed by atoms with Gasteiger partial charge in [-0.05, 0) is 25.8 Å². The highest BCUT2D eigenvalue weighted by Gasteiger charge is 2.52. The molecule has 1 fully saturated rings. The maximum atomic E-state index is 12.2. The molecule has 18 heavy (non-hydrogen) atoms. The summed E-state index contributed by atoms with van der Waals surface area (Å²) >= 11 is 0. The van der Waals surface area contributed by atoms with Crippen LogP contribution in [0, 0.1) is 5.41 Å². The Morgan fingerprint density at radius 3 is 2.28 bits per heavy atom. The van der Waals surface area contributed by atoms with Crippen LogP contribution in [0.1, 0.15) is 33.1 Å². The molecule has 0 bridgehead atoms. The van der Waals surface area contributed by atoms with E-state index in [9.17, 15) is 19.5 Å². The molecule has 0 spiro atoms. The van der Waals surface area contributed by atoms with Crippen molar-refractivity contribution in [3.05, 3.63) is 0 Å². The van der Waals surface area contributed by atoms with Crippen LogP contribution < -0.4 is 5.32 Å². The molecule has 0 aromatic heterocycles. The van der Waals surface area contributed by atoms with Gasteiger partial charge in [0.05, 0.1) is 12.0 Å². The van der Waals surface area contributed by atoms with Crippen molar-refractivity contribution in [3.8, 4) is 0 Å². The van der Waals surface area contributed by atoms with Gasteiger partial charge in [-0.1, -0.05) is 13.8 Å². The number of Topliss-reactive ketones (excluding diaryl/α,β-unsaturated/α-hetero) is 2. The number of carbonyl (C=O) groups excluding carboxylic acids is 2. The van der Waals surface area contributed by atoms with E-state index >= 15 is 0 Å². The number of carboxylic acids is 1. The van der Waals surface area contributed by atoms with Crippen LogP contribution >= 0.6 is 0 Å². The van der Waals surface area contributed by atoms with Crippen molar-refractivity contribution in [1.82, 2.24) is 5.32 Å². The number of aliphatic carboxylic acids is 1. The number of ketones is 2. The first-order chi connectivity index (χ1) is 8.28. The zero-order chi connectivity index (χ0) is 14.0. The van der Waals surface area contributed by atoms with Crippen LogP contribution in [0.4, 0.5) is 0 Å². The Morgan fingerprint density at radius 2 is 1.89 bits per heavy atom. The second-order valence-corrected chi connectivity index (χ2v) is 5.29. The lowest BCUT2D eigenvalue weighted by molar-refractivity contribution is -0.157. The molecule has 1 atom stereocenters. The summed E-state index contributed by atoms with van der Waals surface area (Å²) in [4.78, 5) is 35.5. The SMILES string of the molecule is CC(C)(CO)C(=O)C(=O)C1(C(=O)O)CCCCN1. The van der Waals surface area contributed by atoms with E-state index in [1.54, 1.807) is 0 Å². The molecule has 0 amide bonds. The van der Waals surface area contributed by atoms with Crippen molar-refractivity contribution in [3.63, 3.8) is 0 Å². The van der Waals surface area contributed by atoms with E-state index < -0.39 is 35.1 Å². The molecule has 0 aromatic carbocycles. The van der Waals surface area contributed by atoms with E-state index in [0.717, 1.165) is 6.42 Å². The smallest absolute Gasteiger partial charge is 0.332 e. The number of piperidine rings is 1. The van der Waals surface area contributed by atoms with Gasteiger partial charge >= 0.3 is 5.97 Å². The van der Waals surface area contributed by atoms with Crippen LogP contribution in [0.2, 0.25) is 0 Å². The third kappa shape index (κ3) is 2.44. The van der Waals surface area contributed by atoms with Gasteiger partial charge in [-0.25, -0.2) is 4.79 Å². The summed E-state index contributed by atoms with van der Waals surface area (Å²) in [6.45, 7) is 2.75. The number of hydrogen-bond acceptors (Lipinski definition) is 5. The van der Waals surface area contributed by atoms with Crippen LogP contribution in [0.5, 0.6) is 0 Å². The minimum Gasteiger partial charge on any atom is -0.480 e. The van der Waals surface area contributed by atoms with Crippen molar-refractivity contribution in [2.45, 2.75) is 38.6 Å². The lowest BCUT2D eigenvalue weighted by Gasteiger charge is -2.34. The van der Waals surface area contributed by atoms with Gasteiger partial charge in [-0.3, -0.25) is 14.9 Å². The van der Waals surface area contributed by atoms with E-state index in [2.05, 4.69) is 5.32 Å². The van der Waals surface area contributed by atoms with Crippen LogP contribution in [-0.2, 0) is 14.4 Å². The summed E-state index contributed by atoms with van der Waals surface area (Å²) < 4.78 is 0. The number of hydrogen-bond donors (Lipinski definition) is 3. The van der Waals surface area contributed by atoms with Gasteiger partial charge in [-0.15, -0.1) is 0 Å². The fraction of sp³-hybridized carbons (Fsp3) is 0.750. The lowest BCUT2D eigenvalue weighted by atomic mass is 9.76. The van der Waals surface area contributed by atoms with Gasteiger partial charge in [0, 0.05) is 0 Å². The molecular weight excluding hydrogens is 238 g/mol. The molecule has 1 unspecified atom stereocenters. The summed E-state index contributed by atoms with van der Waals surface area (Å²) in [5.74, 6) is -3.13. The highest BCUT2D eigenvalue weighted by molar-refractivity contribution is 6.46. The minimum absolute atomic E-state index is 0.106. The van der Waals surface area contributed by atoms with Crippen molar-refractivity contribution < 1.29 is 24.6 Å². The predicted octanol–water partition coefficient (Wildman–Crippen LogP) is -0.260. The third-order valence-corrected chi connectivity index (χ3v) is 3.37. The van der Waals surface area contributed by atoms with Gasteiger partial charge in [0.15, 0.2) is 5.54 Å². The predicted molar refractivity (Wildman–Crippen MR) is 63.1 cm³/mol. The Morgan fingerprint density at radius 1 is 1.28 bits per heavy atom. The summed E-state index contributed by atoms with van der Waals surface area (Å²) in [6.07, 6.45) is 1.46. The molecule has 0 aliphatic carbocycles. The zero-order valence-corrected chi connectivity index (χ0v) is 10.7. The average molecular weight is 257 g/mol. The number of nitrogens with one attached hydrogen (secondary N) is 1. The number of carboxylic acid groups (broad SMARTS) is 1. The van der Waals surface area contributed by atoms with E-state index in [0.29, 0.717) is 13.0 Å². The Labute approximate surface area is 105 Å². The van der Waals surface area contributed by atoms with Gasteiger partial charge in [0.1, 0.15) is 0 Å². The minimum atomic E-state index is -1.82. The topological polar surface area (TPSA) is 104 Å². The van der Waals surface area contributed by atoms with Crippen LogP contribution in [-0.4, -0.2) is 46.4 Å². The summed E-state index contributed by atoms with van der Waals surface area (Å²) in [5.41, 5.74) is -3.07. The number of aliphatic hydroxyl groups is 1. The molecule has 1 heterocycles. The van der Waals surface area contributed by atoms with Crippen molar-refractivity contribution in [2.75, 3.05) is 13.2 Å². The largest absolute Gasteiger partial charge is 0.480 e. The number of carbonyl (C=O) groups is 3. The average Bonchev–Trinajstić information content (AvgIpc) is 2.37. The molecule has 0 aromatic rings. The van der Waals surface area contributed by atoms with Gasteiger partial charge < -0.3 is 10.2 Å². The molecule has 3 N–H and O–H groups in total. The molecule has 0 radical (unpaired) electrons. The van der Waals surface area contributed by atoms with Gasteiger partial charge in [0.25, 0.3) is 0 Å². The van der Waals surface area contributed by atoms with E-state index in [4.69, 9.17) is 5.11 Å². The molecule has 102 valence electrons. The van der Waals surface area contributed by atoms with Crippen molar-refractivity contribution >= 4 is 17.5 Å².